The van der Waals surface area contributed by atoms with Crippen molar-refractivity contribution in [2.45, 2.75) is 19.0 Å². The monoisotopic (exact) mass is 347 g/mol. The normalized spacial score (nSPS) is 12.4. The molecule has 2 aromatic heterocycles. The van der Waals surface area contributed by atoms with Crippen molar-refractivity contribution in [2.75, 3.05) is 0 Å². The number of para-hydroxylation sites is 1. The molecule has 2 heterocycles. The van der Waals surface area contributed by atoms with Crippen LogP contribution in [0.4, 0.5) is 4.39 Å². The van der Waals surface area contributed by atoms with Crippen LogP contribution in [-0.4, -0.2) is 20.0 Å². The number of benzene rings is 2. The van der Waals surface area contributed by atoms with Crippen LogP contribution >= 0.6 is 0 Å². The van der Waals surface area contributed by atoms with E-state index < -0.39 is 0 Å². The Morgan fingerprint density at radius 2 is 1.92 bits per heavy atom. The summed E-state index contributed by atoms with van der Waals surface area (Å²) < 4.78 is 15.1. The molecule has 4 rings (SSSR count). The van der Waals surface area contributed by atoms with Crippen LogP contribution in [0.15, 0.2) is 67.0 Å². The SMILES string of the molecule is NC(Cc1cccc(F)c1)c1cn(Cc2cccc3cccnc23)nn1. The van der Waals surface area contributed by atoms with Crippen LogP contribution < -0.4 is 5.73 Å². The van der Waals surface area contributed by atoms with Crippen LogP contribution in [0.1, 0.15) is 22.9 Å². The molecule has 0 saturated carbocycles. The summed E-state index contributed by atoms with van der Waals surface area (Å²) in [6.07, 6.45) is 4.13. The lowest BCUT2D eigenvalue weighted by atomic mass is 10.0. The molecule has 0 spiro atoms. The lowest BCUT2D eigenvalue weighted by Gasteiger charge is -2.08. The Morgan fingerprint density at radius 3 is 2.81 bits per heavy atom. The van der Waals surface area contributed by atoms with Crippen molar-refractivity contribution < 1.29 is 4.39 Å². The minimum Gasteiger partial charge on any atom is -0.322 e. The first-order chi connectivity index (χ1) is 12.7. The van der Waals surface area contributed by atoms with E-state index in [1.54, 1.807) is 16.9 Å². The van der Waals surface area contributed by atoms with Gasteiger partial charge in [0.25, 0.3) is 0 Å². The summed E-state index contributed by atoms with van der Waals surface area (Å²) in [4.78, 5) is 4.46. The first-order valence-corrected chi connectivity index (χ1v) is 8.42. The molecule has 1 unspecified atom stereocenters. The minimum atomic E-state index is -0.337. The second-order valence-corrected chi connectivity index (χ2v) is 6.27. The van der Waals surface area contributed by atoms with Gasteiger partial charge in [0.1, 0.15) is 5.82 Å². The van der Waals surface area contributed by atoms with Gasteiger partial charge in [0, 0.05) is 11.6 Å². The molecule has 0 aliphatic heterocycles. The Labute approximate surface area is 150 Å². The quantitative estimate of drug-likeness (QED) is 0.602. The molecular weight excluding hydrogens is 329 g/mol. The highest BCUT2D eigenvalue weighted by atomic mass is 19.1. The zero-order valence-corrected chi connectivity index (χ0v) is 14.1. The standard InChI is InChI=1S/C20H18FN5/c21-17-8-1-4-14(10-17)11-18(22)19-13-26(25-24-19)12-16-6-2-5-15-7-3-9-23-20(15)16/h1-10,13,18H,11-12,22H2. The third kappa shape index (κ3) is 3.45. The Balaban J connectivity index is 1.52. The Kier molecular flexibility index (Phi) is 4.41. The van der Waals surface area contributed by atoms with E-state index in [0.29, 0.717) is 18.7 Å². The number of hydrogen-bond acceptors (Lipinski definition) is 4. The van der Waals surface area contributed by atoms with Gasteiger partial charge in [-0.15, -0.1) is 5.10 Å². The summed E-state index contributed by atoms with van der Waals surface area (Å²) in [6.45, 7) is 0.564. The van der Waals surface area contributed by atoms with E-state index in [1.807, 2.05) is 42.6 Å². The molecule has 5 nitrogen and oxygen atoms in total. The van der Waals surface area contributed by atoms with Crippen molar-refractivity contribution >= 4 is 10.9 Å². The summed E-state index contributed by atoms with van der Waals surface area (Å²) in [5.74, 6) is -0.262. The molecule has 0 bridgehead atoms. The third-order valence-electron chi connectivity index (χ3n) is 4.33. The van der Waals surface area contributed by atoms with E-state index in [0.717, 1.165) is 22.0 Å². The molecule has 0 saturated heterocycles. The predicted molar refractivity (Wildman–Crippen MR) is 97.9 cm³/mol. The lowest BCUT2D eigenvalue weighted by molar-refractivity contribution is 0.620. The van der Waals surface area contributed by atoms with Crippen molar-refractivity contribution in [2.24, 2.45) is 5.73 Å². The van der Waals surface area contributed by atoms with Gasteiger partial charge in [-0.2, -0.15) is 0 Å². The Morgan fingerprint density at radius 1 is 1.08 bits per heavy atom. The van der Waals surface area contributed by atoms with E-state index >= 15 is 0 Å². The summed E-state index contributed by atoms with van der Waals surface area (Å²) in [5, 5.41) is 9.46. The molecule has 1 atom stereocenters. The predicted octanol–water partition coefficient (Wildman–Crippen LogP) is 3.26. The molecule has 130 valence electrons. The second kappa shape index (κ2) is 7.01. The molecule has 0 aliphatic rings. The number of fused-ring (bicyclic) bond motifs is 1. The van der Waals surface area contributed by atoms with E-state index in [2.05, 4.69) is 15.3 Å². The maximum absolute atomic E-state index is 13.3. The third-order valence-corrected chi connectivity index (χ3v) is 4.33. The first kappa shape index (κ1) is 16.4. The fraction of sp³-hybridized carbons (Fsp3) is 0.150. The number of halogens is 1. The van der Waals surface area contributed by atoms with Gasteiger partial charge >= 0.3 is 0 Å². The van der Waals surface area contributed by atoms with E-state index in [9.17, 15) is 4.39 Å². The van der Waals surface area contributed by atoms with Crippen LogP contribution in [0.25, 0.3) is 10.9 Å². The highest BCUT2D eigenvalue weighted by Gasteiger charge is 2.13. The van der Waals surface area contributed by atoms with Gasteiger partial charge in [-0.25, -0.2) is 9.07 Å². The number of nitrogens with two attached hydrogens (primary N) is 1. The zero-order chi connectivity index (χ0) is 17.9. The van der Waals surface area contributed by atoms with Gasteiger partial charge in [0.2, 0.25) is 0 Å². The van der Waals surface area contributed by atoms with Crippen LogP contribution in [0, 0.1) is 5.82 Å². The number of rotatable bonds is 5. The smallest absolute Gasteiger partial charge is 0.123 e. The number of hydrogen-bond donors (Lipinski definition) is 1. The van der Waals surface area contributed by atoms with Crippen molar-refractivity contribution in [1.82, 2.24) is 20.0 Å². The average Bonchev–Trinajstić information content (AvgIpc) is 3.11. The summed E-state index contributed by atoms with van der Waals surface area (Å²) in [6, 6.07) is 16.1. The first-order valence-electron chi connectivity index (χ1n) is 8.42. The van der Waals surface area contributed by atoms with Crippen molar-refractivity contribution in [1.29, 1.82) is 0 Å². The molecule has 26 heavy (non-hydrogen) atoms. The molecule has 0 aliphatic carbocycles. The minimum absolute atomic E-state index is 0.262. The molecular formula is C20H18FN5. The lowest BCUT2D eigenvalue weighted by Crippen LogP contribution is -2.14. The van der Waals surface area contributed by atoms with Gasteiger partial charge in [-0.05, 0) is 35.7 Å². The van der Waals surface area contributed by atoms with Gasteiger partial charge in [-0.1, -0.05) is 41.6 Å². The van der Waals surface area contributed by atoms with Crippen LogP contribution in [0.3, 0.4) is 0 Å². The molecule has 0 amide bonds. The molecule has 6 heteroatoms. The fourth-order valence-electron chi connectivity index (χ4n) is 3.05. The molecule has 0 radical (unpaired) electrons. The number of nitrogens with zero attached hydrogens (tertiary/aromatic N) is 4. The van der Waals surface area contributed by atoms with Crippen molar-refractivity contribution in [3.05, 3.63) is 89.6 Å². The fourth-order valence-corrected chi connectivity index (χ4v) is 3.05. The Bertz CT molecular complexity index is 1040. The molecule has 2 N–H and O–H groups in total. The highest BCUT2D eigenvalue weighted by molar-refractivity contribution is 5.81. The Hall–Kier alpha value is -3.12. The van der Waals surface area contributed by atoms with Gasteiger partial charge < -0.3 is 5.73 Å². The van der Waals surface area contributed by atoms with Gasteiger partial charge in [-0.3, -0.25) is 4.98 Å². The second-order valence-electron chi connectivity index (χ2n) is 6.27. The van der Waals surface area contributed by atoms with Crippen molar-refractivity contribution in [3.63, 3.8) is 0 Å². The summed E-state index contributed by atoms with van der Waals surface area (Å²) in [5.41, 5.74) is 9.77. The largest absolute Gasteiger partial charge is 0.322 e. The summed E-state index contributed by atoms with van der Waals surface area (Å²) in [7, 11) is 0. The van der Waals surface area contributed by atoms with Gasteiger partial charge in [0.05, 0.1) is 30.0 Å². The van der Waals surface area contributed by atoms with Gasteiger partial charge in [0.15, 0.2) is 0 Å². The van der Waals surface area contributed by atoms with E-state index in [1.165, 1.54) is 12.1 Å². The topological polar surface area (TPSA) is 69.6 Å². The maximum Gasteiger partial charge on any atom is 0.123 e. The zero-order valence-electron chi connectivity index (χ0n) is 14.1. The van der Waals surface area contributed by atoms with Crippen LogP contribution in [0.2, 0.25) is 0 Å². The van der Waals surface area contributed by atoms with Crippen LogP contribution in [-0.2, 0) is 13.0 Å². The summed E-state index contributed by atoms with van der Waals surface area (Å²) >= 11 is 0. The maximum atomic E-state index is 13.3. The molecule has 4 aromatic rings. The van der Waals surface area contributed by atoms with Crippen molar-refractivity contribution in [3.8, 4) is 0 Å². The number of pyridine rings is 1. The molecule has 0 fully saturated rings. The van der Waals surface area contributed by atoms with E-state index in [4.69, 9.17) is 5.73 Å². The van der Waals surface area contributed by atoms with E-state index in [-0.39, 0.29) is 11.9 Å². The highest BCUT2D eigenvalue weighted by Crippen LogP contribution is 2.18. The van der Waals surface area contributed by atoms with Crippen LogP contribution in [0.5, 0.6) is 0 Å². The molecule has 2 aromatic carbocycles. The average molecular weight is 347 g/mol. The number of aromatic nitrogens is 4.